The Morgan fingerprint density at radius 2 is 1.88 bits per heavy atom. The van der Waals surface area contributed by atoms with Crippen molar-refractivity contribution in [1.82, 2.24) is 9.88 Å². The number of ether oxygens (including phenoxy) is 1. The van der Waals surface area contributed by atoms with Crippen LogP contribution in [0.1, 0.15) is 5.56 Å². The average Bonchev–Trinajstić information content (AvgIpc) is 3.14. The monoisotopic (exact) mass is 342 g/mol. The summed E-state index contributed by atoms with van der Waals surface area (Å²) in [6.45, 7) is 2.56. The van der Waals surface area contributed by atoms with Crippen LogP contribution in [-0.2, 0) is 11.2 Å². The van der Waals surface area contributed by atoms with Gasteiger partial charge in [0.1, 0.15) is 0 Å². The average molecular weight is 342 g/mol. The highest BCUT2D eigenvalue weighted by molar-refractivity contribution is 5.88. The zero-order valence-electron chi connectivity index (χ0n) is 14.7. The van der Waals surface area contributed by atoms with Crippen LogP contribution in [0.3, 0.4) is 0 Å². The van der Waals surface area contributed by atoms with Crippen molar-refractivity contribution in [3.05, 3.63) is 78.5 Å². The SMILES string of the molecule is c1ccc2cc(-n3ccc4c(CC5COCCN5)cccc43)ccc2c1. The molecule has 0 spiro atoms. The maximum absolute atomic E-state index is 5.61. The number of rotatable bonds is 3. The summed E-state index contributed by atoms with van der Waals surface area (Å²) in [5, 5.41) is 7.43. The Morgan fingerprint density at radius 1 is 0.962 bits per heavy atom. The number of hydrogen-bond donors (Lipinski definition) is 1. The van der Waals surface area contributed by atoms with Gasteiger partial charge in [-0.25, -0.2) is 0 Å². The van der Waals surface area contributed by atoms with Gasteiger partial charge in [-0.1, -0.05) is 42.5 Å². The van der Waals surface area contributed by atoms with E-state index in [1.54, 1.807) is 0 Å². The van der Waals surface area contributed by atoms with Gasteiger partial charge in [-0.15, -0.1) is 0 Å². The molecule has 1 fully saturated rings. The van der Waals surface area contributed by atoms with E-state index in [2.05, 4.69) is 82.8 Å². The fourth-order valence-corrected chi connectivity index (χ4v) is 3.98. The first-order valence-corrected chi connectivity index (χ1v) is 9.28. The minimum atomic E-state index is 0.401. The lowest BCUT2D eigenvalue weighted by atomic mass is 10.0. The molecule has 1 atom stereocenters. The number of nitrogens with zero attached hydrogens (tertiary/aromatic N) is 1. The molecule has 26 heavy (non-hydrogen) atoms. The van der Waals surface area contributed by atoms with Crippen molar-refractivity contribution in [2.75, 3.05) is 19.8 Å². The topological polar surface area (TPSA) is 26.2 Å². The fraction of sp³-hybridized carbons (Fsp3) is 0.217. The van der Waals surface area contributed by atoms with Gasteiger partial charge in [-0.05, 0) is 47.0 Å². The number of hydrogen-bond acceptors (Lipinski definition) is 2. The zero-order chi connectivity index (χ0) is 17.3. The summed E-state index contributed by atoms with van der Waals surface area (Å²) in [5.74, 6) is 0. The second-order valence-electron chi connectivity index (χ2n) is 7.00. The van der Waals surface area contributed by atoms with Gasteiger partial charge in [0.15, 0.2) is 0 Å². The molecule has 3 nitrogen and oxygen atoms in total. The first-order valence-electron chi connectivity index (χ1n) is 9.28. The molecule has 5 rings (SSSR count). The molecule has 0 radical (unpaired) electrons. The molecule has 4 aromatic rings. The first-order chi connectivity index (χ1) is 12.9. The van der Waals surface area contributed by atoms with Crippen LogP contribution in [-0.4, -0.2) is 30.4 Å². The van der Waals surface area contributed by atoms with Gasteiger partial charge < -0.3 is 14.6 Å². The van der Waals surface area contributed by atoms with Crippen LogP contribution in [0.2, 0.25) is 0 Å². The molecule has 1 unspecified atom stereocenters. The third-order valence-electron chi connectivity index (χ3n) is 5.30. The Bertz CT molecular complexity index is 1060. The van der Waals surface area contributed by atoms with E-state index in [-0.39, 0.29) is 0 Å². The van der Waals surface area contributed by atoms with Crippen LogP contribution in [0.4, 0.5) is 0 Å². The van der Waals surface area contributed by atoms with Gasteiger partial charge in [0.2, 0.25) is 0 Å². The number of aromatic nitrogens is 1. The van der Waals surface area contributed by atoms with Gasteiger partial charge in [-0.3, -0.25) is 0 Å². The van der Waals surface area contributed by atoms with Gasteiger partial charge >= 0.3 is 0 Å². The van der Waals surface area contributed by atoms with Crippen LogP contribution in [0, 0.1) is 0 Å². The zero-order valence-corrected chi connectivity index (χ0v) is 14.7. The first kappa shape index (κ1) is 15.6. The second-order valence-corrected chi connectivity index (χ2v) is 7.00. The van der Waals surface area contributed by atoms with Crippen molar-refractivity contribution in [2.45, 2.75) is 12.5 Å². The molecule has 1 aromatic heterocycles. The number of nitrogens with one attached hydrogen (secondary N) is 1. The molecular weight excluding hydrogens is 320 g/mol. The summed E-state index contributed by atoms with van der Waals surface area (Å²) < 4.78 is 7.90. The van der Waals surface area contributed by atoms with E-state index in [0.29, 0.717) is 6.04 Å². The van der Waals surface area contributed by atoms with Gasteiger partial charge in [-0.2, -0.15) is 0 Å². The summed E-state index contributed by atoms with van der Waals surface area (Å²) in [6, 6.07) is 24.4. The Morgan fingerprint density at radius 3 is 2.77 bits per heavy atom. The molecule has 0 bridgehead atoms. The van der Waals surface area contributed by atoms with E-state index >= 15 is 0 Å². The van der Waals surface area contributed by atoms with Gasteiger partial charge in [0.25, 0.3) is 0 Å². The second kappa shape index (κ2) is 6.60. The van der Waals surface area contributed by atoms with E-state index in [9.17, 15) is 0 Å². The molecule has 1 saturated heterocycles. The number of morpholine rings is 1. The highest BCUT2D eigenvalue weighted by Crippen LogP contribution is 2.26. The summed E-state index contributed by atoms with van der Waals surface area (Å²) in [7, 11) is 0. The normalized spacial score (nSPS) is 17.8. The summed E-state index contributed by atoms with van der Waals surface area (Å²) in [6.07, 6.45) is 3.18. The molecule has 2 heterocycles. The van der Waals surface area contributed by atoms with Crippen LogP contribution in [0.15, 0.2) is 72.9 Å². The molecule has 3 aromatic carbocycles. The molecule has 130 valence electrons. The Balaban J connectivity index is 1.55. The lowest BCUT2D eigenvalue weighted by Gasteiger charge is -2.24. The lowest BCUT2D eigenvalue weighted by Crippen LogP contribution is -2.42. The minimum Gasteiger partial charge on any atom is -0.379 e. The summed E-state index contributed by atoms with van der Waals surface area (Å²) >= 11 is 0. The van der Waals surface area contributed by atoms with Crippen molar-refractivity contribution >= 4 is 21.7 Å². The smallest absolute Gasteiger partial charge is 0.0623 e. The van der Waals surface area contributed by atoms with E-state index in [1.807, 2.05) is 0 Å². The highest BCUT2D eigenvalue weighted by Gasteiger charge is 2.16. The largest absolute Gasteiger partial charge is 0.379 e. The van der Waals surface area contributed by atoms with Crippen LogP contribution < -0.4 is 5.32 Å². The van der Waals surface area contributed by atoms with Gasteiger partial charge in [0.05, 0.1) is 18.7 Å². The van der Waals surface area contributed by atoms with E-state index in [1.165, 1.54) is 32.9 Å². The van der Waals surface area contributed by atoms with Gasteiger partial charge in [0, 0.05) is 29.9 Å². The number of fused-ring (bicyclic) bond motifs is 2. The van der Waals surface area contributed by atoms with Crippen molar-refractivity contribution in [3.63, 3.8) is 0 Å². The van der Waals surface area contributed by atoms with Crippen molar-refractivity contribution < 1.29 is 4.74 Å². The highest BCUT2D eigenvalue weighted by atomic mass is 16.5. The Kier molecular flexibility index (Phi) is 3.96. The predicted octanol–water partition coefficient (Wildman–Crippen LogP) is 4.31. The standard InChI is InChI=1S/C23H22N2O/c1-2-5-18-15-21(9-8-17(18)4-1)25-12-10-22-19(6-3-7-23(22)25)14-20-16-26-13-11-24-20/h1-10,12,15,20,24H,11,13-14,16H2. The molecule has 0 saturated carbocycles. The van der Waals surface area contributed by atoms with E-state index in [0.717, 1.165) is 26.2 Å². The minimum absolute atomic E-state index is 0.401. The van der Waals surface area contributed by atoms with Crippen molar-refractivity contribution in [2.24, 2.45) is 0 Å². The van der Waals surface area contributed by atoms with Crippen LogP contribution in [0.25, 0.3) is 27.4 Å². The van der Waals surface area contributed by atoms with Crippen LogP contribution >= 0.6 is 0 Å². The van der Waals surface area contributed by atoms with E-state index < -0.39 is 0 Å². The number of benzene rings is 3. The van der Waals surface area contributed by atoms with E-state index in [4.69, 9.17) is 4.74 Å². The van der Waals surface area contributed by atoms with Crippen LogP contribution in [0.5, 0.6) is 0 Å². The quantitative estimate of drug-likeness (QED) is 0.600. The molecule has 0 aliphatic carbocycles. The lowest BCUT2D eigenvalue weighted by molar-refractivity contribution is 0.0771. The molecule has 0 amide bonds. The predicted molar refractivity (Wildman–Crippen MR) is 107 cm³/mol. The molecule has 3 heteroatoms. The maximum atomic E-state index is 5.61. The molecule has 1 aliphatic heterocycles. The van der Waals surface area contributed by atoms with Crippen molar-refractivity contribution in [3.8, 4) is 5.69 Å². The molecule has 1 aliphatic rings. The maximum Gasteiger partial charge on any atom is 0.0623 e. The third-order valence-corrected chi connectivity index (χ3v) is 5.30. The molecular formula is C23H22N2O. The molecule has 1 N–H and O–H groups in total. The third kappa shape index (κ3) is 2.79. The summed E-state index contributed by atoms with van der Waals surface area (Å²) in [5.41, 5.74) is 3.84. The van der Waals surface area contributed by atoms with Crippen molar-refractivity contribution in [1.29, 1.82) is 0 Å². The summed E-state index contributed by atoms with van der Waals surface area (Å²) in [4.78, 5) is 0. The Labute approximate surface area is 153 Å². The fourth-order valence-electron chi connectivity index (χ4n) is 3.98. The Hall–Kier alpha value is -2.62.